The van der Waals surface area contributed by atoms with Crippen molar-refractivity contribution in [1.29, 1.82) is 0 Å². The molecule has 7 aromatic carbocycles. The number of benzene rings is 7. The van der Waals surface area contributed by atoms with Crippen LogP contribution in [0.5, 0.6) is 0 Å². The van der Waals surface area contributed by atoms with Crippen molar-refractivity contribution in [3.8, 4) is 28.3 Å². The average Bonchev–Trinajstić information content (AvgIpc) is 3.96. The molecule has 5 aromatic heterocycles. The van der Waals surface area contributed by atoms with Gasteiger partial charge in [-0.15, -0.1) is 0 Å². The number of rotatable bonds is 3. The Morgan fingerprint density at radius 3 is 2.00 bits per heavy atom. The lowest BCUT2D eigenvalue weighted by atomic mass is 10.0. The lowest BCUT2D eigenvalue weighted by Crippen LogP contribution is -2.02. The molecule has 0 aliphatic rings. The fourth-order valence-electron chi connectivity index (χ4n) is 8.39. The van der Waals surface area contributed by atoms with Crippen LogP contribution in [0.2, 0.25) is 0 Å². The van der Waals surface area contributed by atoms with E-state index in [0.29, 0.717) is 5.82 Å². The van der Waals surface area contributed by atoms with Gasteiger partial charge in [0.2, 0.25) is 0 Å². The highest BCUT2D eigenvalue weighted by Gasteiger charge is 2.23. The van der Waals surface area contributed by atoms with Crippen molar-refractivity contribution in [3.63, 3.8) is 0 Å². The molecule has 0 unspecified atom stereocenters. The van der Waals surface area contributed by atoms with Crippen molar-refractivity contribution in [2.45, 2.75) is 0 Å². The van der Waals surface area contributed by atoms with Crippen LogP contribution in [0.25, 0.3) is 110 Å². The zero-order valence-electron chi connectivity index (χ0n) is 27.1. The van der Waals surface area contributed by atoms with Gasteiger partial charge in [-0.3, -0.25) is 4.57 Å². The molecule has 0 spiro atoms. The Morgan fingerprint density at radius 1 is 0.451 bits per heavy atom. The van der Waals surface area contributed by atoms with Gasteiger partial charge >= 0.3 is 0 Å². The SMILES string of the molecule is c1ccc(-c2ccc3c(c2)c2ccccc2n3-c2nc(-c3ccc4c(c3)c3c5ocnc5cc5c6ccccc6n4c53)nc3ccccc23)cc1. The third kappa shape index (κ3) is 3.57. The largest absolute Gasteiger partial charge is 0.443 e. The smallest absolute Gasteiger partial charge is 0.182 e. The number of oxazole rings is 1. The number of hydrogen-bond donors (Lipinski definition) is 0. The van der Waals surface area contributed by atoms with Gasteiger partial charge in [0.05, 0.1) is 38.5 Å². The van der Waals surface area contributed by atoms with E-state index in [1.807, 2.05) is 6.07 Å². The van der Waals surface area contributed by atoms with E-state index in [1.54, 1.807) is 6.39 Å². The summed E-state index contributed by atoms with van der Waals surface area (Å²) < 4.78 is 10.7. The Hall–Kier alpha value is -7.05. The molecular weight excluding hydrogens is 627 g/mol. The quantitative estimate of drug-likeness (QED) is 0.191. The highest BCUT2D eigenvalue weighted by molar-refractivity contribution is 6.30. The van der Waals surface area contributed by atoms with E-state index >= 15 is 0 Å². The van der Waals surface area contributed by atoms with Crippen molar-refractivity contribution in [1.82, 2.24) is 23.9 Å². The van der Waals surface area contributed by atoms with Gasteiger partial charge in [0, 0.05) is 37.9 Å². The molecular formula is C45H25N5O. The highest BCUT2D eigenvalue weighted by Crippen LogP contribution is 2.44. The fourth-order valence-corrected chi connectivity index (χ4v) is 8.39. The number of fused-ring (bicyclic) bond motifs is 12. The molecule has 0 bridgehead atoms. The third-order valence-electron chi connectivity index (χ3n) is 10.6. The van der Waals surface area contributed by atoms with E-state index in [2.05, 4.69) is 153 Å². The van der Waals surface area contributed by atoms with Gasteiger partial charge in [-0.2, -0.15) is 0 Å². The van der Waals surface area contributed by atoms with E-state index in [-0.39, 0.29) is 0 Å². The van der Waals surface area contributed by atoms with E-state index < -0.39 is 0 Å². The van der Waals surface area contributed by atoms with Gasteiger partial charge in [0.25, 0.3) is 0 Å². The molecule has 5 heterocycles. The normalized spacial score (nSPS) is 12.3. The maximum absolute atomic E-state index is 6.06. The maximum Gasteiger partial charge on any atom is 0.182 e. The molecule has 6 heteroatoms. The summed E-state index contributed by atoms with van der Waals surface area (Å²) in [5.74, 6) is 1.52. The van der Waals surface area contributed by atoms with Crippen molar-refractivity contribution in [2.75, 3.05) is 0 Å². The van der Waals surface area contributed by atoms with Crippen LogP contribution in [0.1, 0.15) is 0 Å². The van der Waals surface area contributed by atoms with Crippen molar-refractivity contribution in [3.05, 3.63) is 152 Å². The molecule has 0 amide bonds. The first-order valence-electron chi connectivity index (χ1n) is 17.1. The van der Waals surface area contributed by atoms with Gasteiger partial charge in [-0.05, 0) is 71.8 Å². The molecule has 12 rings (SSSR count). The van der Waals surface area contributed by atoms with Gasteiger partial charge in [0.1, 0.15) is 11.3 Å². The fraction of sp³-hybridized carbons (Fsp3) is 0. The topological polar surface area (TPSA) is 61.2 Å². The van der Waals surface area contributed by atoms with E-state index in [1.165, 1.54) is 38.2 Å². The van der Waals surface area contributed by atoms with Crippen LogP contribution in [-0.4, -0.2) is 23.9 Å². The van der Waals surface area contributed by atoms with E-state index in [9.17, 15) is 0 Å². The van der Waals surface area contributed by atoms with E-state index in [4.69, 9.17) is 14.4 Å². The molecule has 6 nitrogen and oxygen atoms in total. The third-order valence-corrected chi connectivity index (χ3v) is 10.6. The van der Waals surface area contributed by atoms with Crippen LogP contribution in [0.3, 0.4) is 0 Å². The standard InChI is InChI=1S/C45H25N5O/c1-2-10-26(11-3-1)27-18-20-39-32(22-27)29-12-5-9-17-38(29)50(39)45-31-14-4-7-15-35(31)47-44(48-45)28-19-21-40-34(23-28)41-42-33(24-36-43(41)51-25-46-36)30-13-6-8-16-37(30)49(40)42/h1-25H. The summed E-state index contributed by atoms with van der Waals surface area (Å²) in [7, 11) is 0. The minimum absolute atomic E-state index is 0.667. The second-order valence-corrected chi connectivity index (χ2v) is 13.3. The molecule has 0 radical (unpaired) electrons. The molecule has 51 heavy (non-hydrogen) atoms. The monoisotopic (exact) mass is 651 g/mol. The van der Waals surface area contributed by atoms with Gasteiger partial charge in [-0.1, -0.05) is 84.9 Å². The summed E-state index contributed by atoms with van der Waals surface area (Å²) in [5, 5.41) is 7.89. The maximum atomic E-state index is 6.06. The molecule has 0 aliphatic carbocycles. The second-order valence-electron chi connectivity index (χ2n) is 13.3. The first kappa shape index (κ1) is 26.9. The molecule has 0 aliphatic heterocycles. The van der Waals surface area contributed by atoms with Crippen LogP contribution in [0.15, 0.2) is 156 Å². The van der Waals surface area contributed by atoms with Gasteiger partial charge in [0.15, 0.2) is 17.8 Å². The minimum Gasteiger partial charge on any atom is -0.443 e. The lowest BCUT2D eigenvalue weighted by molar-refractivity contribution is 0.605. The van der Waals surface area contributed by atoms with Crippen molar-refractivity contribution < 1.29 is 4.42 Å². The molecule has 0 saturated carbocycles. The van der Waals surface area contributed by atoms with Gasteiger partial charge < -0.3 is 8.82 Å². The van der Waals surface area contributed by atoms with Crippen LogP contribution in [0, 0.1) is 0 Å². The molecule has 0 saturated heterocycles. The summed E-state index contributed by atoms with van der Waals surface area (Å²) >= 11 is 0. The zero-order chi connectivity index (χ0) is 33.2. The summed E-state index contributed by atoms with van der Waals surface area (Å²) in [6.45, 7) is 0. The van der Waals surface area contributed by atoms with Crippen LogP contribution >= 0.6 is 0 Å². The molecule has 0 N–H and O–H groups in total. The first-order valence-corrected chi connectivity index (χ1v) is 17.1. The van der Waals surface area contributed by atoms with Gasteiger partial charge in [-0.25, -0.2) is 15.0 Å². The summed E-state index contributed by atoms with van der Waals surface area (Å²) in [5.41, 5.74) is 11.5. The summed E-state index contributed by atoms with van der Waals surface area (Å²) in [6, 6.07) is 51.5. The molecule has 12 aromatic rings. The molecule has 236 valence electrons. The Bertz CT molecular complexity index is 3370. The van der Waals surface area contributed by atoms with E-state index in [0.717, 1.165) is 66.2 Å². The first-order chi connectivity index (χ1) is 25.3. The Balaban J connectivity index is 1.14. The summed E-state index contributed by atoms with van der Waals surface area (Å²) in [6.07, 6.45) is 1.54. The molecule has 0 fully saturated rings. The van der Waals surface area contributed by atoms with Crippen LogP contribution in [0.4, 0.5) is 0 Å². The Kier molecular flexibility index (Phi) is 5.14. The number of para-hydroxylation sites is 3. The predicted molar refractivity (Wildman–Crippen MR) is 207 cm³/mol. The molecule has 0 atom stereocenters. The zero-order valence-corrected chi connectivity index (χ0v) is 27.1. The van der Waals surface area contributed by atoms with Crippen LogP contribution in [-0.2, 0) is 0 Å². The second kappa shape index (κ2) is 9.77. The summed E-state index contributed by atoms with van der Waals surface area (Å²) in [4.78, 5) is 15.2. The average molecular weight is 652 g/mol. The lowest BCUT2D eigenvalue weighted by Gasteiger charge is -2.13. The van der Waals surface area contributed by atoms with Crippen LogP contribution < -0.4 is 0 Å². The van der Waals surface area contributed by atoms with Crippen molar-refractivity contribution in [2.24, 2.45) is 0 Å². The Labute approximate surface area is 289 Å². The highest BCUT2D eigenvalue weighted by atomic mass is 16.3. The van der Waals surface area contributed by atoms with Crippen molar-refractivity contribution >= 4 is 81.9 Å². The predicted octanol–water partition coefficient (Wildman–Crippen LogP) is 11.4. The number of aromatic nitrogens is 5. The minimum atomic E-state index is 0.667. The number of hydrogen-bond acceptors (Lipinski definition) is 4. The number of nitrogens with zero attached hydrogens (tertiary/aromatic N) is 5. The Morgan fingerprint density at radius 2 is 1.12 bits per heavy atom.